The number of fused-ring (bicyclic) bond motifs is 1. The van der Waals surface area contributed by atoms with Crippen LogP contribution in [0.2, 0.25) is 0 Å². The van der Waals surface area contributed by atoms with E-state index in [-0.39, 0.29) is 18.5 Å². The minimum atomic E-state index is -4.17. The second-order valence-electron chi connectivity index (χ2n) is 9.60. The summed E-state index contributed by atoms with van der Waals surface area (Å²) in [5.74, 6) is -0.0158. The van der Waals surface area contributed by atoms with Gasteiger partial charge in [-0.1, -0.05) is 18.2 Å². The predicted octanol–water partition coefficient (Wildman–Crippen LogP) is 1.96. The molecule has 2 aromatic heterocycles. The van der Waals surface area contributed by atoms with Crippen LogP contribution in [0.3, 0.4) is 0 Å². The maximum atomic E-state index is 13.8. The number of hydrogen-bond donors (Lipinski definition) is 4. The number of benzene rings is 1. The highest BCUT2D eigenvalue weighted by Gasteiger charge is 2.53. The van der Waals surface area contributed by atoms with Crippen LogP contribution in [-0.2, 0) is 23.4 Å². The third-order valence-corrected chi connectivity index (χ3v) is 7.68. The van der Waals surface area contributed by atoms with Crippen LogP contribution in [0, 0.1) is 0 Å². The van der Waals surface area contributed by atoms with Gasteiger partial charge in [0.2, 0.25) is 0 Å². The van der Waals surface area contributed by atoms with Crippen LogP contribution in [0.5, 0.6) is 5.75 Å². The zero-order chi connectivity index (χ0) is 27.7. The molecule has 0 radical (unpaired) electrons. The van der Waals surface area contributed by atoms with E-state index in [2.05, 4.69) is 15.2 Å². The summed E-state index contributed by atoms with van der Waals surface area (Å²) < 4.78 is 37.8. The number of hydrogen-bond acceptors (Lipinski definition) is 11. The normalized spacial score (nSPS) is 25.8. The minimum absolute atomic E-state index is 0.247. The average Bonchev–Trinajstić information content (AvgIpc) is 3.37. The zero-order valence-electron chi connectivity index (χ0n) is 21.6. The van der Waals surface area contributed by atoms with Crippen LogP contribution in [0.1, 0.15) is 39.4 Å². The Kier molecular flexibility index (Phi) is 8.07. The van der Waals surface area contributed by atoms with Gasteiger partial charge in [-0.2, -0.15) is 14.7 Å². The SMILES string of the molecule is CC(C)OC(=O)[C@H](C)N[P@](=O)(OC[C@H]1O[C@@H](c2cnn3c(N)ccnc23)[C@](C)(N)[C@@H]1O)Oc1ccccc1. The summed E-state index contributed by atoms with van der Waals surface area (Å²) >= 11 is 0. The van der Waals surface area contributed by atoms with Gasteiger partial charge in [-0.3, -0.25) is 9.32 Å². The highest BCUT2D eigenvalue weighted by atomic mass is 31.2. The molecule has 13 nitrogen and oxygen atoms in total. The van der Waals surface area contributed by atoms with E-state index in [0.29, 0.717) is 17.0 Å². The number of para-hydroxylation sites is 1. The van der Waals surface area contributed by atoms with Crippen LogP contribution in [0.25, 0.3) is 5.65 Å². The molecule has 6 atom stereocenters. The molecule has 0 spiro atoms. The van der Waals surface area contributed by atoms with Crippen molar-refractivity contribution in [1.29, 1.82) is 0 Å². The first-order chi connectivity index (χ1) is 17.9. The standard InChI is InChI=1S/C24H33N6O7P/c1-14(2)35-23(32)15(3)29-38(33,37-16-8-6-5-7-9-16)34-13-18-20(31)24(4,26)21(36-18)17-12-28-30-19(25)10-11-27-22(17)30/h5-12,14-15,18,20-21,31H,13,25-26H2,1-4H3,(H,29,33)/t15-,18+,20+,21-,24+,38-/m0/s1. The Morgan fingerprint density at radius 3 is 2.68 bits per heavy atom. The Balaban J connectivity index is 1.54. The molecule has 206 valence electrons. The third kappa shape index (κ3) is 5.83. The number of carbonyl (C=O) groups excluding carboxylic acids is 1. The second-order valence-corrected chi connectivity index (χ2v) is 11.3. The summed E-state index contributed by atoms with van der Waals surface area (Å²) in [7, 11) is -4.17. The molecule has 1 aromatic carbocycles. The summed E-state index contributed by atoms with van der Waals surface area (Å²) in [4.78, 5) is 16.7. The number of carbonyl (C=O) groups is 1. The van der Waals surface area contributed by atoms with Crippen molar-refractivity contribution in [2.75, 3.05) is 12.3 Å². The number of nitrogen functional groups attached to an aromatic ring is 1. The quantitative estimate of drug-likeness (QED) is 0.213. The van der Waals surface area contributed by atoms with Crippen molar-refractivity contribution >= 4 is 25.2 Å². The fraction of sp³-hybridized carbons (Fsp3) is 0.458. The van der Waals surface area contributed by atoms with E-state index >= 15 is 0 Å². The summed E-state index contributed by atoms with van der Waals surface area (Å²) in [6.07, 6.45) is -0.370. The maximum absolute atomic E-state index is 13.8. The molecule has 1 aliphatic rings. The van der Waals surface area contributed by atoms with Gasteiger partial charge in [-0.25, -0.2) is 9.55 Å². The van der Waals surface area contributed by atoms with E-state index in [9.17, 15) is 14.5 Å². The number of ether oxygens (including phenoxy) is 2. The first kappa shape index (κ1) is 28.0. The highest BCUT2D eigenvalue weighted by molar-refractivity contribution is 7.52. The van der Waals surface area contributed by atoms with E-state index in [0.717, 1.165) is 0 Å². The molecule has 0 amide bonds. The van der Waals surface area contributed by atoms with Gasteiger partial charge in [0.15, 0.2) is 5.65 Å². The topological polar surface area (TPSA) is 186 Å². The van der Waals surface area contributed by atoms with Crippen molar-refractivity contribution in [2.24, 2.45) is 5.73 Å². The summed E-state index contributed by atoms with van der Waals surface area (Å²) in [5.41, 5.74) is 12.1. The van der Waals surface area contributed by atoms with Crippen LogP contribution in [-0.4, -0.2) is 62.2 Å². The summed E-state index contributed by atoms with van der Waals surface area (Å²) in [5, 5.41) is 17.9. The van der Waals surface area contributed by atoms with Gasteiger partial charge in [0.05, 0.1) is 24.4 Å². The van der Waals surface area contributed by atoms with Crippen LogP contribution >= 0.6 is 7.75 Å². The van der Waals surface area contributed by atoms with Gasteiger partial charge in [-0.05, 0) is 45.9 Å². The third-order valence-electron chi connectivity index (χ3n) is 6.04. The fourth-order valence-corrected chi connectivity index (χ4v) is 5.61. The predicted molar refractivity (Wildman–Crippen MR) is 138 cm³/mol. The van der Waals surface area contributed by atoms with E-state index in [1.54, 1.807) is 57.2 Å². The Hall–Kier alpha value is -3.06. The molecular formula is C24H33N6O7P. The number of esters is 1. The van der Waals surface area contributed by atoms with Gasteiger partial charge in [0, 0.05) is 11.8 Å². The van der Waals surface area contributed by atoms with Crippen molar-refractivity contribution in [2.45, 2.75) is 63.7 Å². The van der Waals surface area contributed by atoms with Crippen LogP contribution in [0.4, 0.5) is 5.82 Å². The van der Waals surface area contributed by atoms with E-state index in [1.807, 2.05) is 0 Å². The molecule has 3 aromatic rings. The molecule has 1 saturated heterocycles. The zero-order valence-corrected chi connectivity index (χ0v) is 22.4. The number of rotatable bonds is 10. The van der Waals surface area contributed by atoms with Crippen molar-refractivity contribution in [3.8, 4) is 5.75 Å². The lowest BCUT2D eigenvalue weighted by molar-refractivity contribution is -0.149. The number of anilines is 1. The number of aliphatic hydroxyl groups excluding tert-OH is 1. The average molecular weight is 549 g/mol. The van der Waals surface area contributed by atoms with Crippen LogP contribution in [0.15, 0.2) is 48.8 Å². The van der Waals surface area contributed by atoms with E-state index in [4.69, 9.17) is 30.0 Å². The number of aliphatic hydroxyl groups is 1. The summed E-state index contributed by atoms with van der Waals surface area (Å²) in [6, 6.07) is 8.91. The van der Waals surface area contributed by atoms with Gasteiger partial charge in [0.25, 0.3) is 0 Å². The highest BCUT2D eigenvalue weighted by Crippen LogP contribution is 2.47. The molecule has 4 rings (SSSR count). The molecule has 1 aliphatic heterocycles. The number of nitrogens with one attached hydrogen (secondary N) is 1. The monoisotopic (exact) mass is 548 g/mol. The lowest BCUT2D eigenvalue weighted by Gasteiger charge is -2.28. The Labute approximate surface area is 220 Å². The Morgan fingerprint density at radius 2 is 2.00 bits per heavy atom. The molecule has 0 bridgehead atoms. The van der Waals surface area contributed by atoms with Gasteiger partial charge in [-0.15, -0.1) is 0 Å². The fourth-order valence-electron chi connectivity index (χ4n) is 4.11. The molecule has 0 aliphatic carbocycles. The second kappa shape index (κ2) is 11.0. The van der Waals surface area contributed by atoms with Crippen molar-refractivity contribution in [3.63, 3.8) is 0 Å². The number of nitrogens with two attached hydrogens (primary N) is 2. The maximum Gasteiger partial charge on any atom is 0.459 e. The van der Waals surface area contributed by atoms with Crippen molar-refractivity contribution in [1.82, 2.24) is 19.7 Å². The first-order valence-corrected chi connectivity index (χ1v) is 13.6. The first-order valence-electron chi connectivity index (χ1n) is 12.1. The van der Waals surface area contributed by atoms with E-state index in [1.165, 1.54) is 23.8 Å². The molecule has 14 heteroatoms. The minimum Gasteiger partial charge on any atom is -0.462 e. The Bertz CT molecular complexity index is 1320. The molecule has 6 N–H and O–H groups in total. The molecule has 0 saturated carbocycles. The van der Waals surface area contributed by atoms with Crippen molar-refractivity contribution < 1.29 is 33.0 Å². The van der Waals surface area contributed by atoms with Crippen molar-refractivity contribution in [3.05, 3.63) is 54.4 Å². The molecule has 0 unspecified atom stereocenters. The summed E-state index contributed by atoms with van der Waals surface area (Å²) in [6.45, 7) is 6.14. The van der Waals surface area contributed by atoms with Gasteiger partial charge in [0.1, 0.15) is 35.9 Å². The Morgan fingerprint density at radius 1 is 1.29 bits per heavy atom. The lowest BCUT2D eigenvalue weighted by Crippen LogP contribution is -2.51. The van der Waals surface area contributed by atoms with Crippen LogP contribution < -0.4 is 21.1 Å². The number of aromatic nitrogens is 3. The number of nitrogens with zero attached hydrogens (tertiary/aromatic N) is 3. The smallest absolute Gasteiger partial charge is 0.459 e. The molecule has 38 heavy (non-hydrogen) atoms. The largest absolute Gasteiger partial charge is 0.462 e. The van der Waals surface area contributed by atoms with Gasteiger partial charge >= 0.3 is 13.7 Å². The van der Waals surface area contributed by atoms with E-state index < -0.39 is 43.6 Å². The molecule has 1 fully saturated rings. The molecular weight excluding hydrogens is 515 g/mol. The molecule has 3 heterocycles. The lowest BCUT2D eigenvalue weighted by atomic mass is 9.87. The van der Waals surface area contributed by atoms with Gasteiger partial charge < -0.3 is 30.6 Å².